The lowest BCUT2D eigenvalue weighted by molar-refractivity contribution is -0.139. The van der Waals surface area contributed by atoms with Crippen molar-refractivity contribution in [2.75, 3.05) is 17.3 Å². The molecule has 0 fully saturated rings. The van der Waals surface area contributed by atoms with Crippen molar-refractivity contribution >= 4 is 35.2 Å². The van der Waals surface area contributed by atoms with Crippen molar-refractivity contribution < 1.29 is 19.5 Å². The van der Waals surface area contributed by atoms with Crippen molar-refractivity contribution in [3.05, 3.63) is 29.8 Å². The third kappa shape index (κ3) is 5.88. The molecule has 0 aliphatic heterocycles. The first-order valence-corrected chi connectivity index (χ1v) is 8.99. The summed E-state index contributed by atoms with van der Waals surface area (Å²) < 4.78 is 0. The molecule has 1 aromatic carbocycles. The van der Waals surface area contributed by atoms with Crippen LogP contribution < -0.4 is 10.6 Å². The van der Waals surface area contributed by atoms with E-state index in [0.29, 0.717) is 17.9 Å². The van der Waals surface area contributed by atoms with Gasteiger partial charge in [0.05, 0.1) is 11.3 Å². The van der Waals surface area contributed by atoms with Crippen LogP contribution in [0.2, 0.25) is 0 Å². The van der Waals surface area contributed by atoms with Crippen molar-refractivity contribution in [3.8, 4) is 0 Å². The van der Waals surface area contributed by atoms with Gasteiger partial charge < -0.3 is 15.7 Å². The highest BCUT2D eigenvalue weighted by Gasteiger charge is 2.25. The second-order valence-electron chi connectivity index (χ2n) is 6.40. The zero-order valence-electron chi connectivity index (χ0n) is 14.4. The SMILES string of the molecule is CSCC[C@H](NC(=O)c1ccccc1NC(=O)C(C)(C)C)C(=O)O. The molecule has 0 heterocycles. The molecule has 0 spiro atoms. The Kier molecular flexibility index (Phi) is 7.28. The first kappa shape index (κ1) is 20.0. The van der Waals surface area contributed by atoms with Crippen molar-refractivity contribution in [2.45, 2.75) is 33.2 Å². The lowest BCUT2D eigenvalue weighted by atomic mass is 9.95. The van der Waals surface area contributed by atoms with Crippen molar-refractivity contribution in [3.63, 3.8) is 0 Å². The summed E-state index contributed by atoms with van der Waals surface area (Å²) >= 11 is 1.51. The minimum atomic E-state index is -1.08. The van der Waals surface area contributed by atoms with Crippen LogP contribution in [0.3, 0.4) is 0 Å². The molecular formula is C17H24N2O4S. The van der Waals surface area contributed by atoms with E-state index in [2.05, 4.69) is 10.6 Å². The van der Waals surface area contributed by atoms with Gasteiger partial charge in [0, 0.05) is 5.41 Å². The minimum absolute atomic E-state index is 0.222. The van der Waals surface area contributed by atoms with Crippen molar-refractivity contribution in [2.24, 2.45) is 5.41 Å². The molecule has 2 amide bonds. The Morgan fingerprint density at radius 2 is 1.83 bits per heavy atom. The Hall–Kier alpha value is -2.02. The summed E-state index contributed by atoms with van der Waals surface area (Å²) in [5.74, 6) is -1.19. The van der Waals surface area contributed by atoms with E-state index in [1.807, 2.05) is 6.26 Å². The lowest BCUT2D eigenvalue weighted by Gasteiger charge is -2.20. The predicted octanol–water partition coefficient (Wildman–Crippen LogP) is 2.61. The van der Waals surface area contributed by atoms with E-state index in [1.165, 1.54) is 11.8 Å². The van der Waals surface area contributed by atoms with Crippen molar-refractivity contribution in [1.82, 2.24) is 5.32 Å². The Labute approximate surface area is 146 Å². The maximum absolute atomic E-state index is 12.4. The van der Waals surface area contributed by atoms with Gasteiger partial charge in [0.1, 0.15) is 6.04 Å². The summed E-state index contributed by atoms with van der Waals surface area (Å²) in [5, 5.41) is 14.5. The van der Waals surface area contributed by atoms with Gasteiger partial charge in [-0.2, -0.15) is 11.8 Å². The Morgan fingerprint density at radius 3 is 2.38 bits per heavy atom. The predicted molar refractivity (Wildman–Crippen MR) is 96.4 cm³/mol. The van der Waals surface area contributed by atoms with Gasteiger partial charge in [-0.3, -0.25) is 9.59 Å². The number of carbonyl (C=O) groups excluding carboxylic acids is 2. The molecule has 132 valence electrons. The number of hydrogen-bond acceptors (Lipinski definition) is 4. The zero-order chi connectivity index (χ0) is 18.3. The number of para-hydroxylation sites is 1. The number of benzene rings is 1. The first-order chi connectivity index (χ1) is 11.2. The molecule has 0 bridgehead atoms. The topological polar surface area (TPSA) is 95.5 Å². The van der Waals surface area contributed by atoms with E-state index in [-0.39, 0.29) is 11.5 Å². The van der Waals surface area contributed by atoms with Crippen LogP contribution in [0.1, 0.15) is 37.6 Å². The normalized spacial score (nSPS) is 12.3. The van der Waals surface area contributed by atoms with E-state index in [1.54, 1.807) is 45.0 Å². The third-order valence-corrected chi connectivity index (χ3v) is 3.96. The van der Waals surface area contributed by atoms with Crippen LogP contribution >= 0.6 is 11.8 Å². The number of aliphatic carboxylic acids is 1. The van der Waals surface area contributed by atoms with Crippen LogP contribution in [0.4, 0.5) is 5.69 Å². The van der Waals surface area contributed by atoms with Crippen LogP contribution in [0, 0.1) is 5.41 Å². The molecule has 24 heavy (non-hydrogen) atoms. The molecule has 7 heteroatoms. The molecule has 1 rings (SSSR count). The van der Waals surface area contributed by atoms with Gasteiger partial charge in [-0.25, -0.2) is 4.79 Å². The average molecular weight is 352 g/mol. The van der Waals surface area contributed by atoms with Crippen LogP contribution in [-0.4, -0.2) is 40.9 Å². The molecule has 1 aromatic rings. The molecule has 6 nitrogen and oxygen atoms in total. The number of amides is 2. The van der Waals surface area contributed by atoms with E-state index in [4.69, 9.17) is 0 Å². The number of rotatable bonds is 7. The molecule has 0 unspecified atom stereocenters. The molecule has 1 atom stereocenters. The molecule has 3 N–H and O–H groups in total. The first-order valence-electron chi connectivity index (χ1n) is 7.60. The van der Waals surface area contributed by atoms with Gasteiger partial charge in [-0.15, -0.1) is 0 Å². The van der Waals surface area contributed by atoms with Gasteiger partial charge in [0.15, 0.2) is 0 Å². The second-order valence-corrected chi connectivity index (χ2v) is 7.38. The van der Waals surface area contributed by atoms with E-state index >= 15 is 0 Å². The molecule has 0 aromatic heterocycles. The molecule has 0 saturated carbocycles. The van der Waals surface area contributed by atoms with E-state index < -0.39 is 23.3 Å². The monoisotopic (exact) mass is 352 g/mol. The standard InChI is InChI=1S/C17H24N2O4S/c1-17(2,3)16(23)19-12-8-6-5-7-11(12)14(20)18-13(15(21)22)9-10-24-4/h5-8,13H,9-10H2,1-4H3,(H,18,20)(H,19,23)(H,21,22)/t13-/m0/s1. The summed E-state index contributed by atoms with van der Waals surface area (Å²) in [5.41, 5.74) is 0.000337. The van der Waals surface area contributed by atoms with Crippen LogP contribution in [0.5, 0.6) is 0 Å². The van der Waals surface area contributed by atoms with Gasteiger partial charge in [-0.1, -0.05) is 32.9 Å². The average Bonchev–Trinajstić information content (AvgIpc) is 2.50. The Balaban J connectivity index is 2.94. The fourth-order valence-corrected chi connectivity index (χ4v) is 2.30. The fraction of sp³-hybridized carbons (Fsp3) is 0.471. The van der Waals surface area contributed by atoms with Crippen molar-refractivity contribution in [1.29, 1.82) is 0 Å². The highest BCUT2D eigenvalue weighted by molar-refractivity contribution is 7.98. The van der Waals surface area contributed by atoms with Gasteiger partial charge in [0.2, 0.25) is 5.91 Å². The van der Waals surface area contributed by atoms with E-state index in [0.717, 1.165) is 0 Å². The van der Waals surface area contributed by atoms with Gasteiger partial charge in [-0.05, 0) is 30.6 Å². The highest BCUT2D eigenvalue weighted by atomic mass is 32.2. The number of anilines is 1. The minimum Gasteiger partial charge on any atom is -0.480 e. The zero-order valence-corrected chi connectivity index (χ0v) is 15.2. The fourth-order valence-electron chi connectivity index (χ4n) is 1.83. The Bertz CT molecular complexity index is 611. The summed E-state index contributed by atoms with van der Waals surface area (Å²) in [4.78, 5) is 35.9. The van der Waals surface area contributed by atoms with Gasteiger partial charge >= 0.3 is 5.97 Å². The molecule has 0 aliphatic rings. The molecule has 0 saturated heterocycles. The molecule has 0 aliphatic carbocycles. The van der Waals surface area contributed by atoms with Crippen LogP contribution in [0.25, 0.3) is 0 Å². The summed E-state index contributed by atoms with van der Waals surface area (Å²) in [7, 11) is 0. The third-order valence-electron chi connectivity index (χ3n) is 3.32. The van der Waals surface area contributed by atoms with Crippen LogP contribution in [-0.2, 0) is 9.59 Å². The number of carbonyl (C=O) groups is 3. The number of carboxylic acid groups (broad SMARTS) is 1. The van der Waals surface area contributed by atoms with E-state index in [9.17, 15) is 19.5 Å². The summed E-state index contributed by atoms with van der Waals surface area (Å²) in [6.45, 7) is 5.32. The number of carboxylic acids is 1. The highest BCUT2D eigenvalue weighted by Crippen LogP contribution is 2.20. The quantitative estimate of drug-likeness (QED) is 0.701. The number of nitrogens with one attached hydrogen (secondary N) is 2. The maximum Gasteiger partial charge on any atom is 0.326 e. The lowest BCUT2D eigenvalue weighted by Crippen LogP contribution is -2.41. The summed E-state index contributed by atoms with van der Waals surface area (Å²) in [6, 6.07) is 5.59. The molecule has 0 radical (unpaired) electrons. The van der Waals surface area contributed by atoms with Crippen LogP contribution in [0.15, 0.2) is 24.3 Å². The number of hydrogen-bond donors (Lipinski definition) is 3. The summed E-state index contributed by atoms with van der Waals surface area (Å²) in [6.07, 6.45) is 2.21. The maximum atomic E-state index is 12.4. The van der Waals surface area contributed by atoms with Gasteiger partial charge in [0.25, 0.3) is 5.91 Å². The largest absolute Gasteiger partial charge is 0.480 e. The number of thioether (sulfide) groups is 1. The smallest absolute Gasteiger partial charge is 0.326 e. The second kappa shape index (κ2) is 8.73. The molecular weight excluding hydrogens is 328 g/mol. The Morgan fingerprint density at radius 1 is 1.21 bits per heavy atom.